The van der Waals surface area contributed by atoms with Crippen LogP contribution in [0.15, 0.2) is 0 Å². The summed E-state index contributed by atoms with van der Waals surface area (Å²) in [4.78, 5) is 0. The summed E-state index contributed by atoms with van der Waals surface area (Å²) in [5.41, 5.74) is 0. The number of methoxy groups -OCH3 is 2. The zero-order valence-electron chi connectivity index (χ0n) is 15.6. The summed E-state index contributed by atoms with van der Waals surface area (Å²) >= 11 is 0. The zero-order valence-corrected chi connectivity index (χ0v) is 15.6. The van der Waals surface area contributed by atoms with Gasteiger partial charge < -0.3 is 9.47 Å². The highest BCUT2D eigenvalue weighted by atomic mass is 16.5. The van der Waals surface area contributed by atoms with E-state index in [0.717, 1.165) is 6.42 Å². The minimum Gasteiger partial charge on any atom is -0.381 e. The number of rotatable bonds is 17. The van der Waals surface area contributed by atoms with E-state index >= 15 is 0 Å². The normalized spacial score (nSPS) is 14.2. The zero-order chi connectivity index (χ0) is 16.5. The Balaban J connectivity index is 3.14. The number of ether oxygens (including phenoxy) is 2. The molecule has 0 aromatic carbocycles. The summed E-state index contributed by atoms with van der Waals surface area (Å²) in [5, 5.41) is 0. The second-order valence-electron chi connectivity index (χ2n) is 6.62. The number of hydrogen-bond acceptors (Lipinski definition) is 2. The van der Waals surface area contributed by atoms with E-state index in [2.05, 4.69) is 13.8 Å². The fourth-order valence-electron chi connectivity index (χ4n) is 2.98. The first kappa shape index (κ1) is 21.9. The molecule has 133 valence electrons. The van der Waals surface area contributed by atoms with Crippen LogP contribution in [0.1, 0.15) is 96.8 Å². The molecular weight excluding hydrogens is 272 g/mol. The van der Waals surface area contributed by atoms with Crippen molar-refractivity contribution in [3.05, 3.63) is 6.92 Å². The fraction of sp³-hybridized carbons (Fsp3) is 0.950. The molecule has 22 heavy (non-hydrogen) atoms. The molecule has 0 heterocycles. The maximum atomic E-state index is 5.49. The molecule has 2 nitrogen and oxygen atoms in total. The van der Waals surface area contributed by atoms with Crippen LogP contribution >= 0.6 is 0 Å². The van der Waals surface area contributed by atoms with Gasteiger partial charge in [0.1, 0.15) is 0 Å². The van der Waals surface area contributed by atoms with Gasteiger partial charge in [0, 0.05) is 14.2 Å². The average molecular weight is 314 g/mol. The second-order valence-corrected chi connectivity index (χ2v) is 6.62. The Morgan fingerprint density at radius 3 is 1.50 bits per heavy atom. The highest BCUT2D eigenvalue weighted by Crippen LogP contribution is 2.15. The van der Waals surface area contributed by atoms with Crippen molar-refractivity contribution in [1.82, 2.24) is 0 Å². The quantitative estimate of drug-likeness (QED) is 0.292. The van der Waals surface area contributed by atoms with E-state index in [1.807, 2.05) is 7.11 Å². The fourth-order valence-corrected chi connectivity index (χ4v) is 2.98. The maximum Gasteiger partial charge on any atom is 0.0572 e. The molecule has 0 aromatic heterocycles. The average Bonchev–Trinajstić information content (AvgIpc) is 2.54. The minimum absolute atomic E-state index is 0.190. The summed E-state index contributed by atoms with van der Waals surface area (Å²) in [6.45, 7) is 6.17. The predicted molar refractivity (Wildman–Crippen MR) is 97.3 cm³/mol. The van der Waals surface area contributed by atoms with Crippen molar-refractivity contribution in [2.75, 3.05) is 14.2 Å². The first-order chi connectivity index (χ1) is 10.7. The van der Waals surface area contributed by atoms with Gasteiger partial charge in [-0.25, -0.2) is 0 Å². The first-order valence-electron chi connectivity index (χ1n) is 9.63. The molecule has 2 heteroatoms. The molecule has 0 saturated carbocycles. The van der Waals surface area contributed by atoms with Crippen molar-refractivity contribution in [3.63, 3.8) is 0 Å². The molecule has 0 bridgehead atoms. The highest BCUT2D eigenvalue weighted by Gasteiger charge is 2.04. The summed E-state index contributed by atoms with van der Waals surface area (Å²) < 4.78 is 10.7. The molecule has 0 saturated heterocycles. The molecule has 0 aliphatic heterocycles. The summed E-state index contributed by atoms with van der Waals surface area (Å²) in [6.07, 6.45) is 19.2. The Morgan fingerprint density at radius 1 is 0.636 bits per heavy atom. The van der Waals surface area contributed by atoms with Crippen LogP contribution in [0.5, 0.6) is 0 Å². The molecule has 0 spiro atoms. The maximum absolute atomic E-state index is 5.49. The van der Waals surface area contributed by atoms with Crippen molar-refractivity contribution < 1.29 is 9.47 Å². The van der Waals surface area contributed by atoms with Gasteiger partial charge >= 0.3 is 0 Å². The predicted octanol–water partition coefficient (Wildman–Crippen LogP) is 6.33. The van der Waals surface area contributed by atoms with Gasteiger partial charge in [0.25, 0.3) is 0 Å². The monoisotopic (exact) mass is 313 g/mol. The lowest BCUT2D eigenvalue weighted by atomic mass is 10.0. The lowest BCUT2D eigenvalue weighted by Gasteiger charge is -2.13. The lowest BCUT2D eigenvalue weighted by Crippen LogP contribution is -2.09. The van der Waals surface area contributed by atoms with Crippen molar-refractivity contribution in [3.8, 4) is 0 Å². The molecule has 0 rings (SSSR count). The van der Waals surface area contributed by atoms with E-state index < -0.39 is 0 Å². The Labute approximate surface area is 140 Å². The van der Waals surface area contributed by atoms with E-state index in [9.17, 15) is 0 Å². The van der Waals surface area contributed by atoms with Crippen LogP contribution in [0, 0.1) is 6.92 Å². The van der Waals surface area contributed by atoms with E-state index in [4.69, 9.17) is 9.47 Å². The Bertz CT molecular complexity index is 206. The molecule has 1 radical (unpaired) electrons. The van der Waals surface area contributed by atoms with Crippen molar-refractivity contribution in [2.45, 2.75) is 109 Å². The van der Waals surface area contributed by atoms with Gasteiger partial charge in [0.05, 0.1) is 12.2 Å². The first-order valence-corrected chi connectivity index (χ1v) is 9.63. The van der Waals surface area contributed by atoms with Crippen molar-refractivity contribution in [1.29, 1.82) is 0 Å². The highest BCUT2D eigenvalue weighted by molar-refractivity contribution is 4.59. The van der Waals surface area contributed by atoms with Gasteiger partial charge in [-0.3, -0.25) is 0 Å². The van der Waals surface area contributed by atoms with Crippen molar-refractivity contribution in [2.24, 2.45) is 0 Å². The van der Waals surface area contributed by atoms with Crippen LogP contribution in [0.2, 0.25) is 0 Å². The molecule has 0 aromatic rings. The smallest absolute Gasteiger partial charge is 0.0572 e. The molecule has 0 aliphatic carbocycles. The van der Waals surface area contributed by atoms with Gasteiger partial charge in [-0.2, -0.15) is 0 Å². The van der Waals surface area contributed by atoms with E-state index in [1.54, 1.807) is 7.11 Å². The summed E-state index contributed by atoms with van der Waals surface area (Å²) in [6, 6.07) is 0. The SMILES string of the molecule is [CH2]C(CCCCCCCCCCCCC(CCC)OC)OC. The third kappa shape index (κ3) is 14.8. The third-order valence-corrected chi connectivity index (χ3v) is 4.58. The Kier molecular flexibility index (Phi) is 17.2. The van der Waals surface area contributed by atoms with Crippen LogP contribution < -0.4 is 0 Å². The standard InChI is InChI=1S/C20H41O2/c1-5-16-20(22-4)18-15-13-11-9-7-6-8-10-12-14-17-19(2)21-3/h19-20H,2,5-18H2,1,3-4H3. The topological polar surface area (TPSA) is 18.5 Å². The second kappa shape index (κ2) is 17.3. The third-order valence-electron chi connectivity index (χ3n) is 4.58. The van der Waals surface area contributed by atoms with Crippen molar-refractivity contribution >= 4 is 0 Å². The molecule has 0 fully saturated rings. The van der Waals surface area contributed by atoms with Gasteiger partial charge in [0.2, 0.25) is 0 Å². The molecule has 2 unspecified atom stereocenters. The number of hydrogen-bond donors (Lipinski definition) is 0. The van der Waals surface area contributed by atoms with Crippen LogP contribution in [-0.2, 0) is 9.47 Å². The number of unbranched alkanes of at least 4 members (excludes halogenated alkanes) is 9. The molecule has 0 aliphatic rings. The summed E-state index contributed by atoms with van der Waals surface area (Å²) in [7, 11) is 3.60. The van der Waals surface area contributed by atoms with E-state index in [0.29, 0.717) is 6.10 Å². The van der Waals surface area contributed by atoms with Crippen LogP contribution in [0.25, 0.3) is 0 Å². The van der Waals surface area contributed by atoms with Crippen LogP contribution in [-0.4, -0.2) is 26.4 Å². The van der Waals surface area contributed by atoms with Gasteiger partial charge in [-0.1, -0.05) is 77.6 Å². The van der Waals surface area contributed by atoms with Crippen LogP contribution in [0.4, 0.5) is 0 Å². The Morgan fingerprint density at radius 2 is 1.09 bits per heavy atom. The van der Waals surface area contributed by atoms with Gasteiger partial charge in [-0.15, -0.1) is 0 Å². The van der Waals surface area contributed by atoms with Gasteiger partial charge in [-0.05, 0) is 26.2 Å². The molecule has 0 N–H and O–H groups in total. The Hall–Kier alpha value is -0.0800. The molecular formula is C20H41O2. The summed E-state index contributed by atoms with van der Waals surface area (Å²) in [5.74, 6) is 0. The minimum atomic E-state index is 0.190. The lowest BCUT2D eigenvalue weighted by molar-refractivity contribution is 0.0849. The van der Waals surface area contributed by atoms with E-state index in [1.165, 1.54) is 83.5 Å². The molecule has 0 amide bonds. The largest absolute Gasteiger partial charge is 0.381 e. The van der Waals surface area contributed by atoms with Gasteiger partial charge in [0.15, 0.2) is 0 Å². The van der Waals surface area contributed by atoms with E-state index in [-0.39, 0.29) is 6.10 Å². The molecule has 2 atom stereocenters. The van der Waals surface area contributed by atoms with Crippen LogP contribution in [0.3, 0.4) is 0 Å².